The summed E-state index contributed by atoms with van der Waals surface area (Å²) >= 11 is 13.2. The molecule has 0 unspecified atom stereocenters. The van der Waals surface area contributed by atoms with Crippen LogP contribution in [0.1, 0.15) is 17.5 Å². The zero-order valence-corrected chi connectivity index (χ0v) is 16.4. The van der Waals surface area contributed by atoms with Crippen LogP contribution in [0.25, 0.3) is 0 Å². The number of aryl methyl sites for hydroxylation is 1. The Balaban J connectivity index is 2.06. The number of carbonyl (C=O) groups excluding carboxylic acids is 1. The molecule has 2 aromatic rings. The molecule has 0 bridgehead atoms. The van der Waals surface area contributed by atoms with Crippen LogP contribution >= 0.6 is 43.5 Å². The van der Waals surface area contributed by atoms with Crippen LogP contribution in [0.15, 0.2) is 45.3 Å². The Morgan fingerprint density at radius 2 is 1.96 bits per heavy atom. The average molecular weight is 463 g/mol. The lowest BCUT2D eigenvalue weighted by Gasteiger charge is -2.12. The van der Waals surface area contributed by atoms with Crippen molar-refractivity contribution in [2.45, 2.75) is 19.4 Å². The summed E-state index contributed by atoms with van der Waals surface area (Å²) in [7, 11) is 1.38. The third-order valence-electron chi connectivity index (χ3n) is 3.18. The van der Waals surface area contributed by atoms with Crippen molar-refractivity contribution in [2.24, 2.45) is 0 Å². The van der Waals surface area contributed by atoms with Crippen LogP contribution in [0.4, 0.5) is 0 Å². The summed E-state index contributed by atoms with van der Waals surface area (Å²) in [6.07, 6.45) is 0.883. The molecule has 23 heavy (non-hydrogen) atoms. The largest absolute Gasteiger partial charge is 0.486 e. The van der Waals surface area contributed by atoms with Crippen molar-refractivity contribution in [3.8, 4) is 5.75 Å². The highest BCUT2D eigenvalue weighted by molar-refractivity contribution is 9.10. The fourth-order valence-corrected chi connectivity index (χ4v) is 3.50. The molecule has 0 aromatic heterocycles. The Labute approximate surface area is 157 Å². The second-order valence-electron chi connectivity index (χ2n) is 4.88. The summed E-state index contributed by atoms with van der Waals surface area (Å²) in [6, 6.07) is 11.6. The highest BCUT2D eigenvalue weighted by atomic mass is 79.9. The molecule has 0 N–H and O–H groups in total. The molecule has 2 aromatic carbocycles. The van der Waals surface area contributed by atoms with Crippen molar-refractivity contribution in [1.29, 1.82) is 0 Å². The molecule has 0 aliphatic rings. The van der Waals surface area contributed by atoms with Gasteiger partial charge in [0.25, 0.3) is 0 Å². The highest BCUT2D eigenvalue weighted by Gasteiger charge is 2.11. The van der Waals surface area contributed by atoms with E-state index in [2.05, 4.69) is 36.6 Å². The van der Waals surface area contributed by atoms with Crippen LogP contribution in [-0.4, -0.2) is 13.1 Å². The first-order chi connectivity index (χ1) is 11.0. The maximum Gasteiger partial charge on any atom is 0.305 e. The molecule has 2 rings (SSSR count). The number of carbonyl (C=O) groups is 1. The zero-order chi connectivity index (χ0) is 16.8. The Morgan fingerprint density at radius 3 is 2.61 bits per heavy atom. The van der Waals surface area contributed by atoms with E-state index in [-0.39, 0.29) is 5.97 Å². The fraction of sp³-hybridized carbons (Fsp3) is 0.235. The monoisotopic (exact) mass is 460 g/mol. The summed E-state index contributed by atoms with van der Waals surface area (Å²) < 4.78 is 12.2. The molecule has 3 nitrogen and oxygen atoms in total. The molecule has 0 radical (unpaired) electrons. The van der Waals surface area contributed by atoms with Crippen molar-refractivity contribution in [1.82, 2.24) is 0 Å². The van der Waals surface area contributed by atoms with Crippen LogP contribution in [-0.2, 0) is 22.6 Å². The smallest absolute Gasteiger partial charge is 0.305 e. The third kappa shape index (κ3) is 5.52. The molecule has 0 amide bonds. The van der Waals surface area contributed by atoms with Crippen molar-refractivity contribution >= 4 is 49.4 Å². The standard InChI is InChI=1S/C17H15Br2ClO3/c1-22-16(21)6-5-11-8-14(19)17(15(20)9-11)23-10-12-3-2-4-13(18)7-12/h2-4,7-9H,5-6,10H2,1H3. The van der Waals surface area contributed by atoms with Crippen LogP contribution in [0.3, 0.4) is 0 Å². The normalized spacial score (nSPS) is 10.4. The van der Waals surface area contributed by atoms with E-state index in [1.54, 1.807) is 0 Å². The number of halogens is 3. The van der Waals surface area contributed by atoms with E-state index < -0.39 is 0 Å². The molecule has 0 fully saturated rings. The second kappa shape index (κ2) is 8.71. The average Bonchev–Trinajstić information content (AvgIpc) is 2.51. The minimum Gasteiger partial charge on any atom is -0.486 e. The molecule has 122 valence electrons. The van der Waals surface area contributed by atoms with E-state index in [4.69, 9.17) is 16.3 Å². The van der Waals surface area contributed by atoms with Crippen LogP contribution in [0.2, 0.25) is 5.02 Å². The van der Waals surface area contributed by atoms with E-state index in [1.807, 2.05) is 36.4 Å². The lowest BCUT2D eigenvalue weighted by molar-refractivity contribution is -0.140. The Bertz CT molecular complexity index is 681. The summed E-state index contributed by atoms with van der Waals surface area (Å²) in [6.45, 7) is 0.416. The molecule has 0 aliphatic carbocycles. The van der Waals surface area contributed by atoms with Gasteiger partial charge in [-0.3, -0.25) is 4.79 Å². The van der Waals surface area contributed by atoms with Crippen molar-refractivity contribution in [3.05, 3.63) is 61.5 Å². The first-order valence-electron chi connectivity index (χ1n) is 6.91. The van der Waals surface area contributed by atoms with Gasteiger partial charge in [-0.2, -0.15) is 0 Å². The lowest BCUT2D eigenvalue weighted by atomic mass is 10.1. The number of rotatable bonds is 6. The van der Waals surface area contributed by atoms with Gasteiger partial charge < -0.3 is 9.47 Å². The molecule has 0 saturated heterocycles. The number of benzene rings is 2. The van der Waals surface area contributed by atoms with Crippen LogP contribution in [0, 0.1) is 0 Å². The molecule has 0 atom stereocenters. The summed E-state index contributed by atoms with van der Waals surface area (Å²) in [5, 5.41) is 0.509. The van der Waals surface area contributed by atoms with E-state index >= 15 is 0 Å². The number of ether oxygens (including phenoxy) is 2. The van der Waals surface area contributed by atoms with E-state index in [0.29, 0.717) is 30.2 Å². The van der Waals surface area contributed by atoms with Gasteiger partial charge in [0.1, 0.15) is 6.61 Å². The number of hydrogen-bond donors (Lipinski definition) is 0. The minimum absolute atomic E-state index is 0.243. The van der Waals surface area contributed by atoms with E-state index in [0.717, 1.165) is 20.1 Å². The second-order valence-corrected chi connectivity index (χ2v) is 7.06. The molecular weight excluding hydrogens is 447 g/mol. The summed E-state index contributed by atoms with van der Waals surface area (Å²) in [5.74, 6) is 0.348. The lowest BCUT2D eigenvalue weighted by Crippen LogP contribution is -2.02. The van der Waals surface area contributed by atoms with Gasteiger partial charge in [0.05, 0.1) is 16.6 Å². The summed E-state index contributed by atoms with van der Waals surface area (Å²) in [4.78, 5) is 11.2. The van der Waals surface area contributed by atoms with Gasteiger partial charge in [-0.25, -0.2) is 0 Å². The molecular formula is C17H15Br2ClO3. The Hall–Kier alpha value is -1.04. The van der Waals surface area contributed by atoms with Gasteiger partial charge in [-0.05, 0) is 57.7 Å². The van der Waals surface area contributed by atoms with Crippen LogP contribution in [0.5, 0.6) is 5.75 Å². The first-order valence-corrected chi connectivity index (χ1v) is 8.88. The van der Waals surface area contributed by atoms with Gasteiger partial charge in [-0.1, -0.05) is 39.7 Å². The number of methoxy groups -OCH3 is 1. The van der Waals surface area contributed by atoms with Gasteiger partial charge in [0.15, 0.2) is 5.75 Å². The number of hydrogen-bond acceptors (Lipinski definition) is 3. The quantitative estimate of drug-likeness (QED) is 0.528. The SMILES string of the molecule is COC(=O)CCc1cc(Cl)c(OCc2cccc(Br)c2)c(Br)c1. The summed E-state index contributed by atoms with van der Waals surface area (Å²) in [5.41, 5.74) is 1.99. The first kappa shape index (κ1) is 18.3. The number of esters is 1. The maximum atomic E-state index is 11.2. The van der Waals surface area contributed by atoms with Gasteiger partial charge in [0.2, 0.25) is 0 Å². The van der Waals surface area contributed by atoms with E-state index in [9.17, 15) is 4.79 Å². The Kier molecular flexibility index (Phi) is 6.93. The van der Waals surface area contributed by atoms with Crippen molar-refractivity contribution < 1.29 is 14.3 Å². The third-order valence-corrected chi connectivity index (χ3v) is 4.54. The Morgan fingerprint density at radius 1 is 1.17 bits per heavy atom. The fourth-order valence-electron chi connectivity index (χ4n) is 2.03. The molecule has 0 aliphatic heterocycles. The van der Waals surface area contributed by atoms with Gasteiger partial charge >= 0.3 is 5.97 Å². The molecule has 6 heteroatoms. The topological polar surface area (TPSA) is 35.5 Å². The van der Waals surface area contributed by atoms with Gasteiger partial charge in [-0.15, -0.1) is 0 Å². The zero-order valence-electron chi connectivity index (χ0n) is 12.4. The molecule has 0 heterocycles. The maximum absolute atomic E-state index is 11.2. The predicted octanol–water partition coefficient (Wildman–Crippen LogP) is 5.55. The predicted molar refractivity (Wildman–Crippen MR) is 98.0 cm³/mol. The molecule has 0 spiro atoms. The molecule has 0 saturated carbocycles. The highest BCUT2D eigenvalue weighted by Crippen LogP contribution is 2.35. The van der Waals surface area contributed by atoms with Crippen molar-refractivity contribution in [3.63, 3.8) is 0 Å². The van der Waals surface area contributed by atoms with E-state index in [1.165, 1.54) is 7.11 Å². The van der Waals surface area contributed by atoms with Gasteiger partial charge in [0, 0.05) is 10.9 Å². The van der Waals surface area contributed by atoms with Crippen molar-refractivity contribution in [2.75, 3.05) is 7.11 Å². The van der Waals surface area contributed by atoms with Crippen LogP contribution < -0.4 is 4.74 Å². The minimum atomic E-state index is -0.243.